The molecule has 25 heavy (non-hydrogen) atoms. The fourth-order valence-corrected chi connectivity index (χ4v) is 3.11. The smallest absolute Gasteiger partial charge is 0.209 e. The maximum atomic E-state index is 5.80. The third-order valence-electron chi connectivity index (χ3n) is 3.41. The van der Waals surface area contributed by atoms with E-state index in [-0.39, 0.29) is 0 Å². The van der Waals surface area contributed by atoms with Gasteiger partial charge in [-0.15, -0.1) is 5.10 Å². The molecule has 0 bridgehead atoms. The molecule has 3 heterocycles. The second-order valence-corrected chi connectivity index (χ2v) is 6.98. The van der Waals surface area contributed by atoms with Crippen molar-refractivity contribution in [1.29, 1.82) is 0 Å². The Bertz CT molecular complexity index is 968. The van der Waals surface area contributed by atoms with Gasteiger partial charge in [0, 0.05) is 28.0 Å². The Balaban J connectivity index is 1.42. The number of hydrogen-bond acceptors (Lipinski definition) is 6. The SMILES string of the molecule is Brc1ccc(-c2cnc(CSc3n[nH]c(-c4cccnc4)n3)o2)cc1. The highest BCUT2D eigenvalue weighted by Crippen LogP contribution is 2.26. The predicted molar refractivity (Wildman–Crippen MR) is 98.8 cm³/mol. The largest absolute Gasteiger partial charge is 0.440 e. The van der Waals surface area contributed by atoms with Gasteiger partial charge in [-0.05, 0) is 24.3 Å². The molecule has 0 fully saturated rings. The van der Waals surface area contributed by atoms with Crippen LogP contribution in [0.4, 0.5) is 0 Å². The molecule has 6 nitrogen and oxygen atoms in total. The first kappa shape index (κ1) is 16.0. The molecule has 0 aliphatic carbocycles. The van der Waals surface area contributed by atoms with E-state index in [9.17, 15) is 0 Å². The van der Waals surface area contributed by atoms with Gasteiger partial charge in [-0.3, -0.25) is 10.1 Å². The third-order valence-corrected chi connectivity index (χ3v) is 4.77. The zero-order valence-electron chi connectivity index (χ0n) is 12.9. The van der Waals surface area contributed by atoms with Crippen molar-refractivity contribution in [3.63, 3.8) is 0 Å². The van der Waals surface area contributed by atoms with Gasteiger partial charge in [0.1, 0.15) is 0 Å². The molecule has 1 N–H and O–H groups in total. The van der Waals surface area contributed by atoms with E-state index in [1.807, 2.05) is 36.4 Å². The van der Waals surface area contributed by atoms with E-state index in [0.717, 1.165) is 21.4 Å². The molecule has 124 valence electrons. The van der Waals surface area contributed by atoms with E-state index in [2.05, 4.69) is 41.1 Å². The number of benzene rings is 1. The number of thioether (sulfide) groups is 1. The summed E-state index contributed by atoms with van der Waals surface area (Å²) in [5.74, 6) is 2.63. The molecule has 4 aromatic rings. The van der Waals surface area contributed by atoms with Gasteiger partial charge in [0.15, 0.2) is 11.6 Å². The Labute approximate surface area is 156 Å². The first-order valence-electron chi connectivity index (χ1n) is 7.44. The number of nitrogens with one attached hydrogen (secondary N) is 1. The minimum atomic E-state index is 0.556. The van der Waals surface area contributed by atoms with E-state index in [1.165, 1.54) is 11.8 Å². The molecule has 0 amide bonds. The first-order chi connectivity index (χ1) is 12.3. The normalized spacial score (nSPS) is 10.9. The van der Waals surface area contributed by atoms with E-state index < -0.39 is 0 Å². The Morgan fingerprint density at radius 2 is 1.96 bits per heavy atom. The van der Waals surface area contributed by atoms with Gasteiger partial charge in [0.25, 0.3) is 0 Å². The van der Waals surface area contributed by atoms with Gasteiger partial charge in [-0.2, -0.15) is 0 Å². The van der Waals surface area contributed by atoms with Crippen molar-refractivity contribution >= 4 is 27.7 Å². The maximum absolute atomic E-state index is 5.80. The summed E-state index contributed by atoms with van der Waals surface area (Å²) in [6, 6.07) is 11.7. The molecular weight excluding hydrogens is 402 g/mol. The molecule has 0 unspecified atom stereocenters. The lowest BCUT2D eigenvalue weighted by atomic mass is 10.2. The van der Waals surface area contributed by atoms with Crippen molar-refractivity contribution in [3.8, 4) is 22.7 Å². The van der Waals surface area contributed by atoms with E-state index in [4.69, 9.17) is 4.42 Å². The quantitative estimate of drug-likeness (QED) is 0.482. The Morgan fingerprint density at radius 1 is 1.08 bits per heavy atom. The van der Waals surface area contributed by atoms with Crippen LogP contribution in [0.3, 0.4) is 0 Å². The highest BCUT2D eigenvalue weighted by Gasteiger charge is 2.10. The van der Waals surface area contributed by atoms with Crippen LogP contribution in [-0.4, -0.2) is 25.1 Å². The summed E-state index contributed by atoms with van der Waals surface area (Å²) in [6.45, 7) is 0. The van der Waals surface area contributed by atoms with Crippen molar-refractivity contribution < 1.29 is 4.42 Å². The summed E-state index contributed by atoms with van der Waals surface area (Å²) >= 11 is 4.88. The van der Waals surface area contributed by atoms with E-state index >= 15 is 0 Å². The van der Waals surface area contributed by atoms with Crippen LogP contribution in [0.1, 0.15) is 5.89 Å². The van der Waals surface area contributed by atoms with Gasteiger partial charge < -0.3 is 4.42 Å². The summed E-state index contributed by atoms with van der Waals surface area (Å²) in [4.78, 5) is 12.9. The Hall–Kier alpha value is -2.45. The third kappa shape index (κ3) is 3.80. The molecule has 0 saturated heterocycles. The van der Waals surface area contributed by atoms with E-state index in [1.54, 1.807) is 18.6 Å². The van der Waals surface area contributed by atoms with Crippen LogP contribution in [-0.2, 0) is 5.75 Å². The molecule has 3 aromatic heterocycles. The monoisotopic (exact) mass is 413 g/mol. The highest BCUT2D eigenvalue weighted by atomic mass is 79.9. The minimum Gasteiger partial charge on any atom is -0.440 e. The molecule has 0 aliphatic rings. The zero-order chi connectivity index (χ0) is 17.1. The molecule has 0 spiro atoms. The Kier molecular flexibility index (Phi) is 4.62. The lowest BCUT2D eigenvalue weighted by Crippen LogP contribution is -1.82. The Morgan fingerprint density at radius 3 is 2.76 bits per heavy atom. The molecule has 0 atom stereocenters. The summed E-state index contributed by atoms with van der Waals surface area (Å²) in [5.41, 5.74) is 1.89. The van der Waals surface area contributed by atoms with Gasteiger partial charge in [0.05, 0.1) is 11.9 Å². The molecule has 4 rings (SSSR count). The van der Waals surface area contributed by atoms with Crippen molar-refractivity contribution in [3.05, 3.63) is 65.4 Å². The van der Waals surface area contributed by atoms with Crippen molar-refractivity contribution in [2.24, 2.45) is 0 Å². The topological polar surface area (TPSA) is 80.5 Å². The molecule has 0 radical (unpaired) electrons. The van der Waals surface area contributed by atoms with Gasteiger partial charge in [-0.1, -0.05) is 39.8 Å². The minimum absolute atomic E-state index is 0.556. The maximum Gasteiger partial charge on any atom is 0.209 e. The number of aromatic amines is 1. The summed E-state index contributed by atoms with van der Waals surface area (Å²) < 4.78 is 6.83. The lowest BCUT2D eigenvalue weighted by molar-refractivity contribution is 0.530. The number of aromatic nitrogens is 5. The number of H-pyrrole nitrogens is 1. The standard InChI is InChI=1S/C17H12BrN5OS/c18-13-5-3-11(4-6-13)14-9-20-15(24-14)10-25-17-21-16(22-23-17)12-2-1-7-19-8-12/h1-9H,10H2,(H,21,22,23). The molecular formula is C17H12BrN5OS. The fourth-order valence-electron chi connectivity index (χ4n) is 2.19. The van der Waals surface area contributed by atoms with Crippen molar-refractivity contribution in [1.82, 2.24) is 25.1 Å². The lowest BCUT2D eigenvalue weighted by Gasteiger charge is -1.96. The summed E-state index contributed by atoms with van der Waals surface area (Å²) in [7, 11) is 0. The van der Waals surface area contributed by atoms with Crippen LogP contribution in [0.2, 0.25) is 0 Å². The van der Waals surface area contributed by atoms with Gasteiger partial charge >= 0.3 is 0 Å². The number of hydrogen-bond donors (Lipinski definition) is 1. The predicted octanol–water partition coefficient (Wildman–Crippen LogP) is 4.58. The van der Waals surface area contributed by atoms with Gasteiger partial charge in [0.2, 0.25) is 11.0 Å². The van der Waals surface area contributed by atoms with Crippen LogP contribution in [0.5, 0.6) is 0 Å². The average Bonchev–Trinajstić information content (AvgIpc) is 3.31. The molecule has 8 heteroatoms. The number of pyridine rings is 1. The molecule has 0 aliphatic heterocycles. The second-order valence-electron chi connectivity index (χ2n) is 5.12. The number of oxazole rings is 1. The molecule has 0 saturated carbocycles. The zero-order valence-corrected chi connectivity index (χ0v) is 15.3. The van der Waals surface area contributed by atoms with Crippen molar-refractivity contribution in [2.75, 3.05) is 0 Å². The average molecular weight is 414 g/mol. The van der Waals surface area contributed by atoms with Crippen LogP contribution < -0.4 is 0 Å². The van der Waals surface area contributed by atoms with Gasteiger partial charge in [-0.25, -0.2) is 9.97 Å². The van der Waals surface area contributed by atoms with Crippen molar-refractivity contribution in [2.45, 2.75) is 10.9 Å². The van der Waals surface area contributed by atoms with Crippen LogP contribution in [0, 0.1) is 0 Å². The number of nitrogens with zero attached hydrogens (tertiary/aromatic N) is 4. The van der Waals surface area contributed by atoms with Crippen LogP contribution >= 0.6 is 27.7 Å². The fraction of sp³-hybridized carbons (Fsp3) is 0.0588. The summed E-state index contributed by atoms with van der Waals surface area (Å²) in [5, 5.41) is 7.76. The number of rotatable bonds is 5. The van der Waals surface area contributed by atoms with Crippen LogP contribution in [0.15, 0.2) is 69.0 Å². The summed E-state index contributed by atoms with van der Waals surface area (Å²) in [6.07, 6.45) is 5.20. The second kappa shape index (κ2) is 7.20. The molecule has 1 aromatic carbocycles. The van der Waals surface area contributed by atoms with Crippen LogP contribution in [0.25, 0.3) is 22.7 Å². The first-order valence-corrected chi connectivity index (χ1v) is 9.22. The highest BCUT2D eigenvalue weighted by molar-refractivity contribution is 9.10. The van der Waals surface area contributed by atoms with E-state index in [0.29, 0.717) is 22.6 Å². The number of halogens is 1.